The second-order valence-electron chi connectivity index (χ2n) is 7.67. The monoisotopic (exact) mass is 448 g/mol. The fraction of sp³-hybridized carbons (Fsp3) is 0.320. The van der Waals surface area contributed by atoms with Gasteiger partial charge in [0.15, 0.2) is 11.5 Å². The smallest absolute Gasteiger partial charge is 0.246 e. The van der Waals surface area contributed by atoms with Gasteiger partial charge in [0.25, 0.3) is 0 Å². The van der Waals surface area contributed by atoms with Gasteiger partial charge < -0.3 is 14.8 Å². The largest absolute Gasteiger partial charge is 0.493 e. The number of carbonyl (C=O) groups excluding carboxylic acids is 1. The van der Waals surface area contributed by atoms with Crippen molar-refractivity contribution in [3.05, 3.63) is 48.3 Å². The molecule has 3 rings (SSSR count). The summed E-state index contributed by atoms with van der Waals surface area (Å²) in [6.45, 7) is 2.29. The molecule has 1 amide bonds. The third-order valence-electron chi connectivity index (χ3n) is 5.31. The van der Waals surface area contributed by atoms with Crippen LogP contribution in [0.4, 0.5) is 11.5 Å². The zero-order valence-corrected chi connectivity index (χ0v) is 18.8. The molecule has 1 heterocycles. The van der Waals surface area contributed by atoms with E-state index in [4.69, 9.17) is 21.1 Å². The highest BCUT2D eigenvalue weighted by Gasteiger charge is 2.13. The number of ether oxygens (including phenoxy) is 2. The number of amides is 1. The molecule has 0 spiro atoms. The molecule has 0 bridgehead atoms. The molecule has 0 aliphatic heterocycles. The average Bonchev–Trinajstić information content (AvgIpc) is 2.85. The molecule has 8 nitrogen and oxygen atoms in total. The molecule has 2 aromatic carbocycles. The number of aromatic nitrogens is 2. The molecule has 0 fully saturated rings. The van der Waals surface area contributed by atoms with Crippen LogP contribution >= 0.6 is 0 Å². The van der Waals surface area contributed by atoms with Crippen molar-refractivity contribution >= 4 is 28.3 Å². The molecule has 1 atom stereocenters. The molecule has 1 unspecified atom stereocenters. The second kappa shape index (κ2) is 11.7. The molecular formula is C25H28N4O4. The van der Waals surface area contributed by atoms with E-state index in [2.05, 4.69) is 21.2 Å². The minimum atomic E-state index is -0.357. The Balaban J connectivity index is 1.68. The molecule has 0 aliphatic carbocycles. The average molecular weight is 449 g/mol. The topological polar surface area (TPSA) is 106 Å². The van der Waals surface area contributed by atoms with Gasteiger partial charge in [0.05, 0.1) is 19.2 Å². The number of fused-ring (bicyclic) bond motifs is 1. The number of benzene rings is 2. The second-order valence-corrected chi connectivity index (χ2v) is 7.67. The van der Waals surface area contributed by atoms with Gasteiger partial charge in [0.2, 0.25) is 5.91 Å². The fourth-order valence-electron chi connectivity index (χ4n) is 3.41. The summed E-state index contributed by atoms with van der Waals surface area (Å²) in [5.41, 5.74) is 4.01. The number of methoxy groups -OCH3 is 1. The van der Waals surface area contributed by atoms with Gasteiger partial charge in [-0.3, -0.25) is 10.0 Å². The highest BCUT2D eigenvalue weighted by atomic mass is 16.5. The third-order valence-corrected chi connectivity index (χ3v) is 5.31. The van der Waals surface area contributed by atoms with Crippen molar-refractivity contribution < 1.29 is 19.5 Å². The molecule has 1 aromatic heterocycles. The summed E-state index contributed by atoms with van der Waals surface area (Å²) in [5, 5.41) is 12.8. The summed E-state index contributed by atoms with van der Waals surface area (Å²) in [6, 6.07) is 11.2. The van der Waals surface area contributed by atoms with Gasteiger partial charge in [-0.2, -0.15) is 0 Å². The Morgan fingerprint density at radius 3 is 2.79 bits per heavy atom. The van der Waals surface area contributed by atoms with Crippen molar-refractivity contribution in [1.29, 1.82) is 0 Å². The number of nitrogens with zero attached hydrogens (tertiary/aromatic N) is 2. The number of unbranched alkanes of at least 4 members (excludes halogenated alkanes) is 2. The molecule has 8 heteroatoms. The van der Waals surface area contributed by atoms with E-state index >= 15 is 0 Å². The van der Waals surface area contributed by atoms with Crippen molar-refractivity contribution in [2.24, 2.45) is 5.92 Å². The highest BCUT2D eigenvalue weighted by Crippen LogP contribution is 2.35. The third kappa shape index (κ3) is 6.34. The first-order chi connectivity index (χ1) is 16.0. The Bertz CT molecular complexity index is 1140. The number of anilines is 2. The number of hydrogen-bond donors (Lipinski definition) is 3. The lowest BCUT2D eigenvalue weighted by Crippen LogP contribution is -2.25. The van der Waals surface area contributed by atoms with Gasteiger partial charge in [0.1, 0.15) is 12.1 Å². The number of carbonyl (C=O) groups is 1. The summed E-state index contributed by atoms with van der Waals surface area (Å²) in [6.07, 6.45) is 10.3. The van der Waals surface area contributed by atoms with Crippen molar-refractivity contribution in [3.8, 4) is 23.8 Å². The highest BCUT2D eigenvalue weighted by molar-refractivity contribution is 5.93. The first-order valence-electron chi connectivity index (χ1n) is 10.8. The van der Waals surface area contributed by atoms with Crippen LogP contribution in [0.25, 0.3) is 10.9 Å². The molecule has 0 saturated carbocycles. The maximum Gasteiger partial charge on any atom is 0.246 e. The zero-order valence-electron chi connectivity index (χ0n) is 18.8. The van der Waals surface area contributed by atoms with Crippen LogP contribution in [0, 0.1) is 18.3 Å². The SMILES string of the molecule is C#Cc1cccc(Nc2ncnc3cc(OC)c(OCCCCCC(C)C(=O)NO)cc23)c1. The number of hydroxylamine groups is 1. The van der Waals surface area contributed by atoms with E-state index in [-0.39, 0.29) is 11.8 Å². The number of hydrogen-bond acceptors (Lipinski definition) is 7. The fourth-order valence-corrected chi connectivity index (χ4v) is 3.41. The maximum absolute atomic E-state index is 11.3. The van der Waals surface area contributed by atoms with E-state index in [1.165, 1.54) is 6.33 Å². The summed E-state index contributed by atoms with van der Waals surface area (Å²) >= 11 is 0. The van der Waals surface area contributed by atoms with E-state index in [1.807, 2.05) is 36.4 Å². The van der Waals surface area contributed by atoms with E-state index < -0.39 is 0 Å². The molecule has 33 heavy (non-hydrogen) atoms. The summed E-state index contributed by atoms with van der Waals surface area (Å²) < 4.78 is 11.5. The zero-order chi connectivity index (χ0) is 23.6. The minimum absolute atomic E-state index is 0.219. The van der Waals surface area contributed by atoms with Gasteiger partial charge in [-0.25, -0.2) is 15.4 Å². The lowest BCUT2D eigenvalue weighted by molar-refractivity contribution is -0.133. The Morgan fingerprint density at radius 1 is 1.18 bits per heavy atom. The van der Waals surface area contributed by atoms with Crippen LogP contribution in [0.1, 0.15) is 38.2 Å². The summed E-state index contributed by atoms with van der Waals surface area (Å²) in [5.74, 6) is 3.89. The lowest BCUT2D eigenvalue weighted by atomic mass is 10.0. The first-order valence-corrected chi connectivity index (χ1v) is 10.8. The van der Waals surface area contributed by atoms with Gasteiger partial charge in [-0.05, 0) is 37.1 Å². The molecule has 3 N–H and O–H groups in total. The Labute approximate surface area is 193 Å². The minimum Gasteiger partial charge on any atom is -0.493 e. The van der Waals surface area contributed by atoms with E-state index in [1.54, 1.807) is 19.5 Å². The van der Waals surface area contributed by atoms with Crippen LogP contribution in [-0.4, -0.2) is 34.8 Å². The van der Waals surface area contributed by atoms with Crippen LogP contribution < -0.4 is 20.3 Å². The van der Waals surface area contributed by atoms with Crippen LogP contribution in [0.15, 0.2) is 42.7 Å². The predicted octanol–water partition coefficient (Wildman–Crippen LogP) is 4.44. The summed E-state index contributed by atoms with van der Waals surface area (Å²) in [7, 11) is 1.59. The Hall–Kier alpha value is -3.83. The summed E-state index contributed by atoms with van der Waals surface area (Å²) in [4.78, 5) is 20.1. The maximum atomic E-state index is 11.3. The number of terminal acetylenes is 1. The van der Waals surface area contributed by atoms with Gasteiger partial charge in [0, 0.05) is 28.6 Å². The van der Waals surface area contributed by atoms with Crippen molar-refractivity contribution in [2.45, 2.75) is 32.6 Å². The molecule has 3 aromatic rings. The van der Waals surface area contributed by atoms with Crippen LogP contribution in [-0.2, 0) is 4.79 Å². The quantitative estimate of drug-likeness (QED) is 0.172. The van der Waals surface area contributed by atoms with E-state index in [0.29, 0.717) is 30.3 Å². The van der Waals surface area contributed by atoms with Crippen molar-refractivity contribution in [3.63, 3.8) is 0 Å². The van der Waals surface area contributed by atoms with Gasteiger partial charge in [-0.15, -0.1) is 6.42 Å². The Kier molecular flexibility index (Phi) is 8.44. The normalized spacial score (nSPS) is 11.5. The van der Waals surface area contributed by atoms with Gasteiger partial charge >= 0.3 is 0 Å². The molecule has 0 radical (unpaired) electrons. The number of nitrogens with one attached hydrogen (secondary N) is 2. The standard InChI is InChI=1S/C25H28N4O4/c1-4-18-10-8-11-19(13-18)28-24-20-14-23(22(32-3)15-21(20)26-16-27-24)33-12-7-5-6-9-17(2)25(30)29-31/h1,8,10-11,13-17,31H,5-7,9,12H2,2-3H3,(H,29,30)(H,26,27,28). The van der Waals surface area contributed by atoms with Crippen molar-refractivity contribution in [1.82, 2.24) is 15.4 Å². The van der Waals surface area contributed by atoms with Crippen molar-refractivity contribution in [2.75, 3.05) is 19.0 Å². The molecular weight excluding hydrogens is 420 g/mol. The predicted molar refractivity (Wildman–Crippen MR) is 127 cm³/mol. The van der Waals surface area contributed by atoms with Crippen LogP contribution in [0.2, 0.25) is 0 Å². The van der Waals surface area contributed by atoms with Gasteiger partial charge in [-0.1, -0.05) is 31.8 Å². The van der Waals surface area contributed by atoms with Crippen LogP contribution in [0.5, 0.6) is 11.5 Å². The molecule has 0 aliphatic rings. The van der Waals surface area contributed by atoms with E-state index in [9.17, 15) is 4.79 Å². The van der Waals surface area contributed by atoms with E-state index in [0.717, 1.165) is 41.4 Å². The molecule has 172 valence electrons. The first kappa shape index (κ1) is 23.8. The number of rotatable bonds is 11. The molecule has 0 saturated heterocycles. The van der Waals surface area contributed by atoms with Crippen LogP contribution in [0.3, 0.4) is 0 Å². The Morgan fingerprint density at radius 2 is 2.03 bits per heavy atom. The lowest BCUT2D eigenvalue weighted by Gasteiger charge is -2.14.